The summed E-state index contributed by atoms with van der Waals surface area (Å²) in [5.74, 6) is -1.13. The molecule has 2 aliphatic carbocycles. The Labute approximate surface area is 203 Å². The molecule has 2 aromatic carbocycles. The average Bonchev–Trinajstić information content (AvgIpc) is 3.20. The van der Waals surface area contributed by atoms with Crippen molar-refractivity contribution < 1.29 is 29.0 Å². The van der Waals surface area contributed by atoms with Crippen LogP contribution in [0.4, 0.5) is 4.79 Å². The van der Waals surface area contributed by atoms with Gasteiger partial charge in [0.2, 0.25) is 0 Å². The summed E-state index contributed by atoms with van der Waals surface area (Å²) in [6.07, 6.45) is 0.121. The quantitative estimate of drug-likeness (QED) is 0.664. The third-order valence-corrected chi connectivity index (χ3v) is 8.19. The SMILES string of the molecule is O=C(NC[C@H]1CCO[C@H]1C(=O)N1CC2CC2(C(=O)O)C1)OCC1c2ccccc2-c2ccccc21. The van der Waals surface area contributed by atoms with Gasteiger partial charge in [-0.15, -0.1) is 0 Å². The number of benzene rings is 2. The number of carbonyl (C=O) groups excluding carboxylic acids is 2. The van der Waals surface area contributed by atoms with E-state index in [2.05, 4.69) is 29.6 Å². The molecule has 8 nitrogen and oxygen atoms in total. The normalized spacial score (nSPS) is 28.2. The van der Waals surface area contributed by atoms with E-state index in [1.807, 2.05) is 24.3 Å². The van der Waals surface area contributed by atoms with Gasteiger partial charge in [0.15, 0.2) is 0 Å². The van der Waals surface area contributed by atoms with E-state index >= 15 is 0 Å². The van der Waals surface area contributed by atoms with E-state index in [4.69, 9.17) is 9.47 Å². The summed E-state index contributed by atoms with van der Waals surface area (Å²) in [6.45, 7) is 1.66. The molecule has 0 spiro atoms. The van der Waals surface area contributed by atoms with Gasteiger partial charge >= 0.3 is 12.1 Å². The second kappa shape index (κ2) is 8.37. The van der Waals surface area contributed by atoms with Crippen molar-refractivity contribution >= 4 is 18.0 Å². The lowest BCUT2D eigenvalue weighted by Crippen LogP contribution is -2.45. The predicted octanol–water partition coefficient (Wildman–Crippen LogP) is 2.86. The Kier molecular flexibility index (Phi) is 5.29. The molecule has 8 heteroatoms. The summed E-state index contributed by atoms with van der Waals surface area (Å²) < 4.78 is 11.3. The van der Waals surface area contributed by atoms with Crippen LogP contribution < -0.4 is 5.32 Å². The fourth-order valence-electron chi connectivity index (χ4n) is 6.14. The zero-order valence-electron chi connectivity index (χ0n) is 19.3. The number of ether oxygens (including phenoxy) is 2. The van der Waals surface area contributed by atoms with Crippen molar-refractivity contribution in [1.82, 2.24) is 10.2 Å². The van der Waals surface area contributed by atoms with Gasteiger partial charge in [-0.25, -0.2) is 4.79 Å². The smallest absolute Gasteiger partial charge is 0.407 e. The highest BCUT2D eigenvalue weighted by atomic mass is 16.5. The fraction of sp³-hybridized carbons (Fsp3) is 0.444. The molecule has 6 rings (SSSR count). The zero-order valence-corrected chi connectivity index (χ0v) is 19.3. The summed E-state index contributed by atoms with van der Waals surface area (Å²) in [5.41, 5.74) is 3.89. The van der Waals surface area contributed by atoms with Crippen LogP contribution in [0.1, 0.15) is 29.9 Å². The van der Waals surface area contributed by atoms with Crippen LogP contribution in [0.5, 0.6) is 0 Å². The minimum absolute atomic E-state index is 0.0135. The number of likely N-dealkylation sites (tertiary alicyclic amines) is 1. The summed E-state index contributed by atoms with van der Waals surface area (Å²) >= 11 is 0. The lowest BCUT2D eigenvalue weighted by atomic mass is 9.98. The van der Waals surface area contributed by atoms with Crippen LogP contribution in [0.2, 0.25) is 0 Å². The second-order valence-electron chi connectivity index (χ2n) is 10.1. The molecule has 0 bridgehead atoms. The molecule has 35 heavy (non-hydrogen) atoms. The molecule has 182 valence electrons. The van der Waals surface area contributed by atoms with Crippen molar-refractivity contribution in [2.24, 2.45) is 17.3 Å². The molecule has 0 aromatic heterocycles. The molecule has 1 saturated carbocycles. The topological polar surface area (TPSA) is 105 Å². The molecule has 2 amide bonds. The van der Waals surface area contributed by atoms with Gasteiger partial charge in [-0.05, 0) is 41.0 Å². The van der Waals surface area contributed by atoms with Crippen molar-refractivity contribution in [2.75, 3.05) is 32.8 Å². The number of rotatable bonds is 6. The van der Waals surface area contributed by atoms with E-state index in [-0.39, 0.29) is 43.4 Å². The van der Waals surface area contributed by atoms with Crippen molar-refractivity contribution in [3.63, 3.8) is 0 Å². The fourth-order valence-corrected chi connectivity index (χ4v) is 6.14. The number of nitrogens with zero attached hydrogens (tertiary/aromatic N) is 1. The molecule has 2 aromatic rings. The lowest BCUT2D eigenvalue weighted by Gasteiger charge is -2.26. The van der Waals surface area contributed by atoms with Crippen molar-refractivity contribution in [3.05, 3.63) is 59.7 Å². The number of amides is 2. The molecular weight excluding hydrogens is 448 g/mol. The maximum absolute atomic E-state index is 13.0. The number of hydrogen-bond acceptors (Lipinski definition) is 5. The molecule has 2 N–H and O–H groups in total. The van der Waals surface area contributed by atoms with Crippen LogP contribution in [0.3, 0.4) is 0 Å². The molecule has 3 fully saturated rings. The van der Waals surface area contributed by atoms with Crippen molar-refractivity contribution in [2.45, 2.75) is 24.9 Å². The highest BCUT2D eigenvalue weighted by Gasteiger charge is 2.66. The third kappa shape index (κ3) is 3.67. The van der Waals surface area contributed by atoms with Gasteiger partial charge in [0.05, 0.1) is 5.41 Å². The van der Waals surface area contributed by atoms with Gasteiger partial charge in [-0.3, -0.25) is 9.59 Å². The number of alkyl carbamates (subject to hydrolysis) is 1. The van der Waals surface area contributed by atoms with E-state index in [1.165, 1.54) is 11.1 Å². The highest BCUT2D eigenvalue weighted by Crippen LogP contribution is 2.58. The Hall–Kier alpha value is -3.39. The minimum atomic E-state index is -0.821. The van der Waals surface area contributed by atoms with Crippen molar-refractivity contribution in [3.8, 4) is 11.1 Å². The molecule has 4 atom stereocenters. The van der Waals surface area contributed by atoms with E-state index in [0.29, 0.717) is 26.0 Å². The van der Waals surface area contributed by atoms with E-state index < -0.39 is 23.6 Å². The molecule has 2 saturated heterocycles. The molecule has 4 aliphatic rings. The molecule has 2 unspecified atom stereocenters. The van der Waals surface area contributed by atoms with Gasteiger partial charge in [0.1, 0.15) is 12.7 Å². The number of aliphatic carboxylic acids is 1. The maximum Gasteiger partial charge on any atom is 0.407 e. The van der Waals surface area contributed by atoms with E-state index in [9.17, 15) is 19.5 Å². The summed E-state index contributed by atoms with van der Waals surface area (Å²) in [4.78, 5) is 38.8. The summed E-state index contributed by atoms with van der Waals surface area (Å²) in [5, 5.41) is 12.3. The van der Waals surface area contributed by atoms with Crippen LogP contribution in [-0.2, 0) is 19.1 Å². The molecule has 2 heterocycles. The summed E-state index contributed by atoms with van der Waals surface area (Å²) in [6, 6.07) is 16.4. The van der Waals surface area contributed by atoms with Gasteiger partial charge in [-0.1, -0.05) is 48.5 Å². The van der Waals surface area contributed by atoms with Crippen molar-refractivity contribution in [1.29, 1.82) is 0 Å². The molecule has 2 aliphatic heterocycles. The first-order chi connectivity index (χ1) is 17.0. The zero-order chi connectivity index (χ0) is 24.2. The Morgan fingerprint density at radius 2 is 1.77 bits per heavy atom. The first kappa shape index (κ1) is 22.1. The van der Waals surface area contributed by atoms with Crippen LogP contribution in [0, 0.1) is 17.3 Å². The Morgan fingerprint density at radius 3 is 2.43 bits per heavy atom. The second-order valence-corrected chi connectivity index (χ2v) is 10.1. The lowest BCUT2D eigenvalue weighted by molar-refractivity contribution is -0.146. The monoisotopic (exact) mass is 476 g/mol. The number of carbonyl (C=O) groups is 3. The van der Waals surface area contributed by atoms with E-state index in [1.54, 1.807) is 4.90 Å². The van der Waals surface area contributed by atoms with Crippen LogP contribution in [0.15, 0.2) is 48.5 Å². The molecule has 0 radical (unpaired) electrons. The average molecular weight is 477 g/mol. The van der Waals surface area contributed by atoms with Crippen LogP contribution >= 0.6 is 0 Å². The van der Waals surface area contributed by atoms with Crippen LogP contribution in [0.25, 0.3) is 11.1 Å². The third-order valence-electron chi connectivity index (χ3n) is 8.19. The summed E-state index contributed by atoms with van der Waals surface area (Å²) in [7, 11) is 0. The number of carboxylic acid groups (broad SMARTS) is 1. The minimum Gasteiger partial charge on any atom is -0.481 e. The van der Waals surface area contributed by atoms with E-state index in [0.717, 1.165) is 11.1 Å². The Morgan fingerprint density at radius 1 is 1.09 bits per heavy atom. The largest absolute Gasteiger partial charge is 0.481 e. The first-order valence-corrected chi connectivity index (χ1v) is 12.2. The maximum atomic E-state index is 13.0. The van der Waals surface area contributed by atoms with Gasteiger partial charge < -0.3 is 24.8 Å². The van der Waals surface area contributed by atoms with Gasteiger partial charge in [0, 0.05) is 38.1 Å². The molecular formula is C27H28N2O6. The number of nitrogens with one attached hydrogen (secondary N) is 1. The number of fused-ring (bicyclic) bond motifs is 4. The Bertz CT molecular complexity index is 1150. The van der Waals surface area contributed by atoms with Gasteiger partial charge in [0.25, 0.3) is 5.91 Å². The standard InChI is InChI=1S/C27H28N2O6/c30-24(29-13-17-11-27(17,15-29)25(31)32)23-16(9-10-34-23)12-28-26(33)35-14-22-20-7-3-1-5-18(20)19-6-2-4-8-21(19)22/h1-8,16-17,22-23H,9-15H2,(H,28,33)(H,31,32)/t16-,17?,23-,27?/m1/s1. The Balaban J connectivity index is 1.03. The first-order valence-electron chi connectivity index (χ1n) is 12.2. The number of carboxylic acids is 1. The highest BCUT2D eigenvalue weighted by molar-refractivity contribution is 5.86. The number of hydrogen-bond donors (Lipinski definition) is 2. The predicted molar refractivity (Wildman–Crippen MR) is 126 cm³/mol. The van der Waals surface area contributed by atoms with Crippen LogP contribution in [-0.4, -0.2) is 66.9 Å². The van der Waals surface area contributed by atoms with Gasteiger partial charge in [-0.2, -0.15) is 0 Å². The number of piperidine rings is 1.